The minimum absolute atomic E-state index is 0.133. The lowest BCUT2D eigenvalue weighted by Gasteiger charge is -2.21. The molecule has 0 radical (unpaired) electrons. The Morgan fingerprint density at radius 3 is 2.34 bits per heavy atom. The summed E-state index contributed by atoms with van der Waals surface area (Å²) in [6.07, 6.45) is 0. The number of sulfonamides is 1. The van der Waals surface area contributed by atoms with Gasteiger partial charge in [-0.15, -0.1) is 0 Å². The minimum atomic E-state index is -3.86. The van der Waals surface area contributed by atoms with Gasteiger partial charge in [-0.25, -0.2) is 17.8 Å². The van der Waals surface area contributed by atoms with Gasteiger partial charge in [0, 0.05) is 20.1 Å². The van der Waals surface area contributed by atoms with Crippen molar-refractivity contribution in [2.45, 2.75) is 24.8 Å². The molecule has 4 rings (SSSR count). The van der Waals surface area contributed by atoms with Crippen molar-refractivity contribution >= 4 is 27.0 Å². The molecule has 35 heavy (non-hydrogen) atoms. The van der Waals surface area contributed by atoms with E-state index in [0.29, 0.717) is 5.82 Å². The summed E-state index contributed by atoms with van der Waals surface area (Å²) in [7, 11) is -2.01. The van der Waals surface area contributed by atoms with Crippen molar-refractivity contribution in [2.24, 2.45) is 7.05 Å². The number of aromatic nitrogens is 2. The lowest BCUT2D eigenvalue weighted by atomic mass is 10.1. The first kappa shape index (κ1) is 24.6. The van der Waals surface area contributed by atoms with Crippen molar-refractivity contribution < 1.29 is 17.6 Å². The number of carbonyl (C=O) groups excluding carboxylic acids is 1. The molecule has 0 saturated carbocycles. The van der Waals surface area contributed by atoms with Crippen LogP contribution in [0.2, 0.25) is 0 Å². The third-order valence-electron chi connectivity index (χ3n) is 6.01. The van der Waals surface area contributed by atoms with Crippen LogP contribution in [0, 0.1) is 5.82 Å². The first-order valence-electron chi connectivity index (χ1n) is 11.3. The van der Waals surface area contributed by atoms with Crippen molar-refractivity contribution in [1.29, 1.82) is 0 Å². The summed E-state index contributed by atoms with van der Waals surface area (Å²) in [5.74, 6) is -0.976. The highest BCUT2D eigenvalue weighted by Gasteiger charge is 2.27. The zero-order valence-electron chi connectivity index (χ0n) is 19.8. The summed E-state index contributed by atoms with van der Waals surface area (Å²) < 4.78 is 43.8. The van der Waals surface area contributed by atoms with Gasteiger partial charge in [0.25, 0.3) is 5.91 Å². The second kappa shape index (κ2) is 9.97. The number of imidazole rings is 1. The predicted molar refractivity (Wildman–Crippen MR) is 133 cm³/mol. The molecule has 1 heterocycles. The number of aryl methyl sites for hydroxylation is 1. The first-order valence-corrected chi connectivity index (χ1v) is 12.8. The van der Waals surface area contributed by atoms with Crippen LogP contribution in [-0.2, 0) is 17.1 Å². The molecule has 1 atom stereocenters. The Labute approximate surface area is 204 Å². The fraction of sp³-hybridized carbons (Fsp3) is 0.231. The van der Waals surface area contributed by atoms with E-state index in [-0.39, 0.29) is 23.5 Å². The van der Waals surface area contributed by atoms with Crippen LogP contribution in [0.3, 0.4) is 0 Å². The predicted octanol–water partition coefficient (Wildman–Crippen LogP) is 4.26. The van der Waals surface area contributed by atoms with E-state index >= 15 is 0 Å². The molecule has 0 fully saturated rings. The number of nitrogens with one attached hydrogen (secondary N) is 1. The lowest BCUT2D eigenvalue weighted by Crippen LogP contribution is -2.33. The molecule has 7 nitrogen and oxygen atoms in total. The molecule has 0 aliphatic heterocycles. The number of benzene rings is 3. The maximum atomic E-state index is 14.8. The Hall–Kier alpha value is -3.56. The number of halogens is 1. The van der Waals surface area contributed by atoms with Gasteiger partial charge in [-0.2, -0.15) is 4.31 Å². The van der Waals surface area contributed by atoms with Gasteiger partial charge >= 0.3 is 0 Å². The van der Waals surface area contributed by atoms with Crippen LogP contribution in [0.15, 0.2) is 77.7 Å². The molecule has 1 aromatic heterocycles. The van der Waals surface area contributed by atoms with Crippen molar-refractivity contribution in [3.05, 3.63) is 95.6 Å². The van der Waals surface area contributed by atoms with Crippen LogP contribution in [0.1, 0.15) is 41.6 Å². The Bertz CT molecular complexity index is 1460. The average molecular weight is 495 g/mol. The topological polar surface area (TPSA) is 84.3 Å². The van der Waals surface area contributed by atoms with E-state index in [4.69, 9.17) is 4.98 Å². The van der Waals surface area contributed by atoms with E-state index in [1.807, 2.05) is 66.2 Å². The smallest absolute Gasteiger partial charge is 0.255 e. The Morgan fingerprint density at radius 1 is 1.03 bits per heavy atom. The van der Waals surface area contributed by atoms with Gasteiger partial charge in [-0.05, 0) is 35.9 Å². The van der Waals surface area contributed by atoms with E-state index in [2.05, 4.69) is 5.32 Å². The normalized spacial score (nSPS) is 12.7. The van der Waals surface area contributed by atoms with Crippen LogP contribution < -0.4 is 5.32 Å². The number of hydrogen-bond acceptors (Lipinski definition) is 4. The number of para-hydroxylation sites is 2. The first-order chi connectivity index (χ1) is 16.8. The summed E-state index contributed by atoms with van der Waals surface area (Å²) in [5, 5.41) is 2.87. The monoisotopic (exact) mass is 494 g/mol. The van der Waals surface area contributed by atoms with E-state index < -0.39 is 27.8 Å². The van der Waals surface area contributed by atoms with Gasteiger partial charge in [-0.1, -0.05) is 56.3 Å². The molecule has 0 aliphatic rings. The van der Waals surface area contributed by atoms with Gasteiger partial charge in [-0.3, -0.25) is 4.79 Å². The van der Waals surface area contributed by atoms with E-state index in [9.17, 15) is 17.6 Å². The molecular weight excluding hydrogens is 467 g/mol. The summed E-state index contributed by atoms with van der Waals surface area (Å²) in [4.78, 5) is 17.9. The van der Waals surface area contributed by atoms with Crippen molar-refractivity contribution in [3.63, 3.8) is 0 Å². The van der Waals surface area contributed by atoms with Crippen LogP contribution in [0.5, 0.6) is 0 Å². The highest BCUT2D eigenvalue weighted by Crippen LogP contribution is 2.26. The van der Waals surface area contributed by atoms with Crippen molar-refractivity contribution in [1.82, 2.24) is 19.2 Å². The molecule has 0 unspecified atom stereocenters. The highest BCUT2D eigenvalue weighted by atomic mass is 32.2. The van der Waals surface area contributed by atoms with Crippen LogP contribution in [0.25, 0.3) is 11.0 Å². The summed E-state index contributed by atoms with van der Waals surface area (Å²) >= 11 is 0. The van der Waals surface area contributed by atoms with Crippen LogP contribution >= 0.6 is 0 Å². The molecule has 182 valence electrons. The zero-order valence-corrected chi connectivity index (χ0v) is 20.6. The Kier molecular flexibility index (Phi) is 7.00. The van der Waals surface area contributed by atoms with Gasteiger partial charge in [0.15, 0.2) is 0 Å². The van der Waals surface area contributed by atoms with Crippen LogP contribution in [0.4, 0.5) is 4.39 Å². The number of carbonyl (C=O) groups is 1. The molecule has 0 spiro atoms. The maximum absolute atomic E-state index is 14.8. The Morgan fingerprint density at radius 2 is 1.69 bits per heavy atom. The molecule has 4 aromatic rings. The minimum Gasteiger partial charge on any atom is -0.338 e. The SMILES string of the molecule is CCN(CC)S(=O)(=O)c1ccc(F)c(C(=O)N[C@@H](c2ccccc2)c2nc3ccccc3n2C)c1. The molecule has 3 aromatic carbocycles. The molecule has 0 aliphatic carbocycles. The average Bonchev–Trinajstić information content (AvgIpc) is 3.20. The molecule has 9 heteroatoms. The fourth-order valence-electron chi connectivity index (χ4n) is 4.13. The number of nitrogens with zero attached hydrogens (tertiary/aromatic N) is 3. The third kappa shape index (κ3) is 4.69. The second-order valence-electron chi connectivity index (χ2n) is 8.07. The van der Waals surface area contributed by atoms with E-state index in [1.54, 1.807) is 13.8 Å². The maximum Gasteiger partial charge on any atom is 0.255 e. The number of fused-ring (bicyclic) bond motifs is 1. The molecule has 1 N–H and O–H groups in total. The number of hydrogen-bond donors (Lipinski definition) is 1. The van der Waals surface area contributed by atoms with Crippen LogP contribution in [-0.4, -0.2) is 41.3 Å². The summed E-state index contributed by atoms with van der Waals surface area (Å²) in [5.41, 5.74) is 2.05. The van der Waals surface area contributed by atoms with Gasteiger partial charge in [0.05, 0.1) is 21.5 Å². The Balaban J connectivity index is 1.76. The van der Waals surface area contributed by atoms with Crippen molar-refractivity contribution in [3.8, 4) is 0 Å². The summed E-state index contributed by atoms with van der Waals surface area (Å²) in [6, 6.07) is 19.4. The molecule has 0 bridgehead atoms. The van der Waals surface area contributed by atoms with E-state index in [1.165, 1.54) is 10.4 Å². The largest absolute Gasteiger partial charge is 0.338 e. The third-order valence-corrected chi connectivity index (χ3v) is 8.06. The number of amides is 1. The van der Waals surface area contributed by atoms with Crippen molar-refractivity contribution in [2.75, 3.05) is 13.1 Å². The zero-order chi connectivity index (χ0) is 25.2. The standard InChI is InChI=1S/C26H27FN4O3S/c1-4-31(5-2)35(33,34)19-15-16-21(27)20(17-19)26(32)29-24(18-11-7-6-8-12-18)25-28-22-13-9-10-14-23(22)30(25)3/h6-17,24H,4-5H2,1-3H3,(H,29,32)/t24-/m0/s1. The van der Waals surface area contributed by atoms with Gasteiger partial charge < -0.3 is 9.88 Å². The molecule has 0 saturated heterocycles. The van der Waals surface area contributed by atoms with Gasteiger partial charge in [0.1, 0.15) is 17.7 Å². The fourth-order valence-corrected chi connectivity index (χ4v) is 5.61. The highest BCUT2D eigenvalue weighted by molar-refractivity contribution is 7.89. The number of rotatable bonds is 8. The van der Waals surface area contributed by atoms with E-state index in [0.717, 1.165) is 28.7 Å². The molecule has 1 amide bonds. The second-order valence-corrected chi connectivity index (χ2v) is 10.0. The lowest BCUT2D eigenvalue weighted by molar-refractivity contribution is 0.0937. The summed E-state index contributed by atoms with van der Waals surface area (Å²) in [6.45, 7) is 3.97. The molecular formula is C26H27FN4O3S. The quantitative estimate of drug-likeness (QED) is 0.397. The van der Waals surface area contributed by atoms with Gasteiger partial charge in [0.2, 0.25) is 10.0 Å².